The first-order chi connectivity index (χ1) is 7.89. The predicted octanol–water partition coefficient (Wildman–Crippen LogP) is 1.81. The number of fused-ring (bicyclic) bond motifs is 1. The van der Waals surface area contributed by atoms with Crippen molar-refractivity contribution in [2.75, 3.05) is 13.1 Å². The molecule has 1 saturated heterocycles. The van der Waals surface area contributed by atoms with Crippen molar-refractivity contribution >= 4 is 11.6 Å². The molecular weight excluding hydrogens is 214 g/mol. The highest BCUT2D eigenvalue weighted by Crippen LogP contribution is 2.38. The van der Waals surface area contributed by atoms with Crippen molar-refractivity contribution in [2.24, 2.45) is 23.2 Å². The highest BCUT2D eigenvalue weighted by atomic mass is 16.2. The Morgan fingerprint density at radius 1 is 1.29 bits per heavy atom. The van der Waals surface area contributed by atoms with Gasteiger partial charge in [0.15, 0.2) is 0 Å². The van der Waals surface area contributed by atoms with Gasteiger partial charge in [0, 0.05) is 11.8 Å². The van der Waals surface area contributed by atoms with Crippen LogP contribution in [-0.2, 0) is 9.59 Å². The minimum atomic E-state index is -0.394. The topological polar surface area (TPSA) is 46.2 Å². The van der Waals surface area contributed by atoms with E-state index in [0.29, 0.717) is 18.3 Å². The van der Waals surface area contributed by atoms with E-state index >= 15 is 0 Å². The summed E-state index contributed by atoms with van der Waals surface area (Å²) in [4.78, 5) is 24.4. The van der Waals surface area contributed by atoms with Gasteiger partial charge in [-0.1, -0.05) is 20.8 Å². The molecule has 2 aliphatic rings. The summed E-state index contributed by atoms with van der Waals surface area (Å²) in [6, 6.07) is 0. The van der Waals surface area contributed by atoms with E-state index in [0.717, 1.165) is 25.9 Å². The Labute approximate surface area is 103 Å². The largest absolute Gasteiger partial charge is 0.316 e. The SMILES string of the molecule is CC(C)(C)C(=O)C1CC2CNCCC2CC1=O. The first-order valence-corrected chi connectivity index (χ1v) is 6.67. The summed E-state index contributed by atoms with van der Waals surface area (Å²) in [5.74, 6) is 1.03. The van der Waals surface area contributed by atoms with E-state index in [9.17, 15) is 9.59 Å². The number of carbonyl (C=O) groups excluding carboxylic acids is 2. The van der Waals surface area contributed by atoms with E-state index in [2.05, 4.69) is 5.32 Å². The van der Waals surface area contributed by atoms with Crippen LogP contribution in [0.2, 0.25) is 0 Å². The molecule has 1 saturated carbocycles. The number of hydrogen-bond acceptors (Lipinski definition) is 3. The summed E-state index contributed by atoms with van der Waals surface area (Å²) in [5.41, 5.74) is -0.394. The van der Waals surface area contributed by atoms with Crippen LogP contribution in [0.5, 0.6) is 0 Å². The summed E-state index contributed by atoms with van der Waals surface area (Å²) in [7, 11) is 0. The molecule has 0 amide bonds. The van der Waals surface area contributed by atoms with Gasteiger partial charge in [-0.15, -0.1) is 0 Å². The molecule has 2 fully saturated rings. The zero-order valence-electron chi connectivity index (χ0n) is 11.1. The Bertz CT molecular complexity index is 330. The number of ketones is 2. The van der Waals surface area contributed by atoms with Crippen molar-refractivity contribution in [3.05, 3.63) is 0 Å². The highest BCUT2D eigenvalue weighted by Gasteiger charge is 2.42. The predicted molar refractivity (Wildman–Crippen MR) is 66.7 cm³/mol. The Morgan fingerprint density at radius 2 is 2.00 bits per heavy atom. The minimum absolute atomic E-state index is 0.131. The molecule has 3 heteroatoms. The molecule has 3 nitrogen and oxygen atoms in total. The third-order valence-electron chi connectivity index (χ3n) is 4.21. The third-order valence-corrected chi connectivity index (χ3v) is 4.21. The number of hydrogen-bond donors (Lipinski definition) is 1. The smallest absolute Gasteiger partial charge is 0.148 e. The van der Waals surface area contributed by atoms with E-state index in [1.807, 2.05) is 20.8 Å². The van der Waals surface area contributed by atoms with Crippen molar-refractivity contribution in [3.63, 3.8) is 0 Å². The van der Waals surface area contributed by atoms with Gasteiger partial charge in [0.2, 0.25) is 0 Å². The van der Waals surface area contributed by atoms with E-state index in [1.165, 1.54) is 0 Å². The molecule has 0 aromatic heterocycles. The second-order valence-corrected chi connectivity index (χ2v) is 6.59. The lowest BCUT2D eigenvalue weighted by Crippen LogP contribution is -2.46. The standard InChI is InChI=1S/C14H23NO2/c1-14(2,3)13(17)11-6-10-8-15-5-4-9(10)7-12(11)16/h9-11,15H,4-8H2,1-3H3. The number of nitrogens with one attached hydrogen (secondary N) is 1. The van der Waals surface area contributed by atoms with E-state index < -0.39 is 5.41 Å². The molecule has 0 bridgehead atoms. The van der Waals surface area contributed by atoms with Crippen LogP contribution < -0.4 is 5.32 Å². The molecule has 0 radical (unpaired) electrons. The van der Waals surface area contributed by atoms with Gasteiger partial charge >= 0.3 is 0 Å². The summed E-state index contributed by atoms with van der Waals surface area (Å²) in [6.45, 7) is 7.73. The van der Waals surface area contributed by atoms with Crippen molar-refractivity contribution in [2.45, 2.75) is 40.0 Å². The lowest BCUT2D eigenvalue weighted by Gasteiger charge is -2.39. The van der Waals surface area contributed by atoms with Crippen LogP contribution in [0.4, 0.5) is 0 Å². The Balaban J connectivity index is 2.09. The van der Waals surface area contributed by atoms with Gasteiger partial charge in [0.25, 0.3) is 0 Å². The van der Waals surface area contributed by atoms with Gasteiger partial charge in [-0.05, 0) is 37.8 Å². The van der Waals surface area contributed by atoms with Crippen LogP contribution in [0.1, 0.15) is 40.0 Å². The second-order valence-electron chi connectivity index (χ2n) is 6.59. The fourth-order valence-corrected chi connectivity index (χ4v) is 3.13. The van der Waals surface area contributed by atoms with Gasteiger partial charge < -0.3 is 5.32 Å². The molecule has 0 aromatic rings. The summed E-state index contributed by atoms with van der Waals surface area (Å²) < 4.78 is 0. The molecule has 1 aliphatic carbocycles. The quantitative estimate of drug-likeness (QED) is 0.707. The molecule has 1 N–H and O–H groups in total. The van der Waals surface area contributed by atoms with Gasteiger partial charge in [-0.2, -0.15) is 0 Å². The third kappa shape index (κ3) is 2.59. The first kappa shape index (κ1) is 12.7. The van der Waals surface area contributed by atoms with Crippen molar-refractivity contribution < 1.29 is 9.59 Å². The molecule has 3 atom stereocenters. The molecular formula is C14H23NO2. The average molecular weight is 237 g/mol. The number of piperidine rings is 1. The average Bonchev–Trinajstić information content (AvgIpc) is 2.26. The van der Waals surface area contributed by atoms with E-state index in [1.54, 1.807) is 0 Å². The lowest BCUT2D eigenvalue weighted by atomic mass is 9.66. The van der Waals surface area contributed by atoms with E-state index in [-0.39, 0.29) is 17.5 Å². The molecule has 2 rings (SSSR count). The zero-order chi connectivity index (χ0) is 12.6. The van der Waals surface area contributed by atoms with Gasteiger partial charge in [0.05, 0.1) is 5.92 Å². The zero-order valence-corrected chi connectivity index (χ0v) is 11.1. The Hall–Kier alpha value is -0.700. The molecule has 0 aromatic carbocycles. The van der Waals surface area contributed by atoms with Crippen LogP contribution in [0.25, 0.3) is 0 Å². The maximum atomic E-state index is 12.3. The molecule has 1 heterocycles. The summed E-state index contributed by atoms with van der Waals surface area (Å²) in [5, 5.41) is 3.37. The number of rotatable bonds is 1. The molecule has 0 spiro atoms. The van der Waals surface area contributed by atoms with Gasteiger partial charge in [-0.3, -0.25) is 9.59 Å². The van der Waals surface area contributed by atoms with Gasteiger partial charge in [-0.25, -0.2) is 0 Å². The maximum Gasteiger partial charge on any atom is 0.148 e. The lowest BCUT2D eigenvalue weighted by molar-refractivity contribution is -0.141. The van der Waals surface area contributed by atoms with Crippen molar-refractivity contribution in [1.29, 1.82) is 0 Å². The molecule has 1 aliphatic heterocycles. The summed E-state index contributed by atoms with van der Waals surface area (Å²) in [6.07, 6.45) is 2.48. The van der Waals surface area contributed by atoms with Crippen LogP contribution in [0.15, 0.2) is 0 Å². The Kier molecular flexibility index (Phi) is 3.39. The number of Topliss-reactive ketones (excluding diaryl/α,β-unsaturated/α-hetero) is 2. The van der Waals surface area contributed by atoms with Gasteiger partial charge in [0.1, 0.15) is 11.6 Å². The second kappa shape index (κ2) is 4.52. The fraction of sp³-hybridized carbons (Fsp3) is 0.857. The molecule has 96 valence electrons. The highest BCUT2D eigenvalue weighted by molar-refractivity contribution is 6.05. The monoisotopic (exact) mass is 237 g/mol. The maximum absolute atomic E-state index is 12.3. The summed E-state index contributed by atoms with van der Waals surface area (Å²) >= 11 is 0. The van der Waals surface area contributed by atoms with Crippen molar-refractivity contribution in [3.8, 4) is 0 Å². The van der Waals surface area contributed by atoms with Crippen LogP contribution in [0.3, 0.4) is 0 Å². The Morgan fingerprint density at radius 3 is 2.65 bits per heavy atom. The van der Waals surface area contributed by atoms with Crippen LogP contribution in [0, 0.1) is 23.2 Å². The molecule has 17 heavy (non-hydrogen) atoms. The molecule has 3 unspecified atom stereocenters. The number of carbonyl (C=O) groups is 2. The van der Waals surface area contributed by atoms with Crippen molar-refractivity contribution in [1.82, 2.24) is 5.32 Å². The minimum Gasteiger partial charge on any atom is -0.316 e. The van der Waals surface area contributed by atoms with Crippen LogP contribution in [-0.4, -0.2) is 24.7 Å². The van der Waals surface area contributed by atoms with Crippen LogP contribution >= 0.6 is 0 Å². The normalized spacial score (nSPS) is 34.3. The van der Waals surface area contributed by atoms with E-state index in [4.69, 9.17) is 0 Å². The first-order valence-electron chi connectivity index (χ1n) is 6.67. The fourth-order valence-electron chi connectivity index (χ4n) is 3.13.